The topological polar surface area (TPSA) is 91.2 Å². The number of phenols is 1. The number of hydrogen-bond acceptors (Lipinski definition) is 4. The van der Waals surface area contributed by atoms with E-state index in [1.54, 1.807) is 24.4 Å². The van der Waals surface area contributed by atoms with Crippen LogP contribution in [-0.4, -0.2) is 21.2 Å². The molecule has 6 nitrogen and oxygen atoms in total. The van der Waals surface area contributed by atoms with Gasteiger partial charge in [0.15, 0.2) is 0 Å². The summed E-state index contributed by atoms with van der Waals surface area (Å²) in [6, 6.07) is 15.2. The second-order valence-electron chi connectivity index (χ2n) is 8.80. The number of rotatable bonds is 7. The quantitative estimate of drug-likeness (QED) is 0.272. The van der Waals surface area contributed by atoms with E-state index in [0.29, 0.717) is 22.4 Å². The standard InChI is InChI=1S/C28H23F2N3O3/c1-16-2-4-18(5-3-16)24-15-36-33-28(24)26(10-17-8-20(29)12-21(30)9-17)32-27(35)11-19-14-31-25-7-6-22(34)13-23(19)25/h2-9,12-15,26,31,34H,10-11H2,1H3,(H,32,35). The van der Waals surface area contributed by atoms with E-state index in [1.165, 1.54) is 18.4 Å². The van der Waals surface area contributed by atoms with E-state index in [2.05, 4.69) is 15.5 Å². The highest BCUT2D eigenvalue weighted by Gasteiger charge is 2.24. The molecule has 0 aliphatic rings. The van der Waals surface area contributed by atoms with Gasteiger partial charge in [-0.2, -0.15) is 0 Å². The number of benzene rings is 3. The second kappa shape index (κ2) is 9.65. The monoisotopic (exact) mass is 487 g/mol. The normalized spacial score (nSPS) is 12.1. The molecule has 2 aromatic heterocycles. The lowest BCUT2D eigenvalue weighted by Gasteiger charge is -2.18. The summed E-state index contributed by atoms with van der Waals surface area (Å²) in [5.74, 6) is -1.63. The Kier molecular flexibility index (Phi) is 6.25. The Hall–Kier alpha value is -4.46. The van der Waals surface area contributed by atoms with E-state index < -0.39 is 17.7 Å². The zero-order chi connectivity index (χ0) is 25.2. The van der Waals surface area contributed by atoms with Crippen LogP contribution in [0.2, 0.25) is 0 Å². The average molecular weight is 488 g/mol. The molecule has 1 unspecified atom stereocenters. The summed E-state index contributed by atoms with van der Waals surface area (Å²) in [4.78, 5) is 16.3. The van der Waals surface area contributed by atoms with Gasteiger partial charge in [-0.25, -0.2) is 8.78 Å². The van der Waals surface area contributed by atoms with E-state index in [1.807, 2.05) is 31.2 Å². The number of nitrogens with zero attached hydrogens (tertiary/aromatic N) is 1. The van der Waals surface area contributed by atoms with Crippen LogP contribution in [0.4, 0.5) is 8.78 Å². The van der Waals surface area contributed by atoms with Gasteiger partial charge in [0, 0.05) is 28.7 Å². The number of nitrogens with one attached hydrogen (secondary N) is 2. The van der Waals surface area contributed by atoms with Crippen LogP contribution in [0, 0.1) is 18.6 Å². The molecular weight excluding hydrogens is 464 g/mol. The van der Waals surface area contributed by atoms with Crippen LogP contribution in [0.15, 0.2) is 77.6 Å². The van der Waals surface area contributed by atoms with Crippen molar-refractivity contribution in [3.63, 3.8) is 0 Å². The molecule has 0 saturated carbocycles. The van der Waals surface area contributed by atoms with Crippen LogP contribution in [0.5, 0.6) is 5.75 Å². The van der Waals surface area contributed by atoms with Crippen molar-refractivity contribution in [2.45, 2.75) is 25.8 Å². The van der Waals surface area contributed by atoms with Crippen LogP contribution >= 0.6 is 0 Å². The third-order valence-corrected chi connectivity index (χ3v) is 6.09. The molecule has 36 heavy (non-hydrogen) atoms. The van der Waals surface area contributed by atoms with Gasteiger partial charge >= 0.3 is 0 Å². The fourth-order valence-corrected chi connectivity index (χ4v) is 4.36. The van der Waals surface area contributed by atoms with Gasteiger partial charge in [-0.3, -0.25) is 4.79 Å². The molecule has 0 spiro atoms. The molecule has 0 saturated heterocycles. The van der Waals surface area contributed by atoms with Gasteiger partial charge in [-0.15, -0.1) is 0 Å². The van der Waals surface area contributed by atoms with Gasteiger partial charge in [0.2, 0.25) is 5.91 Å². The molecule has 182 valence electrons. The highest BCUT2D eigenvalue weighted by molar-refractivity contribution is 5.90. The van der Waals surface area contributed by atoms with Gasteiger partial charge in [0.25, 0.3) is 0 Å². The van der Waals surface area contributed by atoms with Crippen molar-refractivity contribution in [2.75, 3.05) is 0 Å². The Labute approximate surface area is 205 Å². The number of aryl methyl sites for hydroxylation is 1. The Morgan fingerprint density at radius 3 is 2.58 bits per heavy atom. The molecule has 3 N–H and O–H groups in total. The zero-order valence-corrected chi connectivity index (χ0v) is 19.4. The Balaban J connectivity index is 1.46. The highest BCUT2D eigenvalue weighted by atomic mass is 19.1. The van der Waals surface area contributed by atoms with Crippen LogP contribution in [-0.2, 0) is 17.6 Å². The first-order chi connectivity index (χ1) is 17.4. The van der Waals surface area contributed by atoms with E-state index in [-0.39, 0.29) is 24.5 Å². The largest absolute Gasteiger partial charge is 0.508 e. The van der Waals surface area contributed by atoms with Crippen LogP contribution in [0.25, 0.3) is 22.0 Å². The number of carbonyl (C=O) groups excluding carboxylic acids is 1. The Morgan fingerprint density at radius 1 is 1.08 bits per heavy atom. The summed E-state index contributed by atoms with van der Waals surface area (Å²) in [6.45, 7) is 1.98. The van der Waals surface area contributed by atoms with Crippen LogP contribution in [0.3, 0.4) is 0 Å². The highest BCUT2D eigenvalue weighted by Crippen LogP contribution is 2.30. The Morgan fingerprint density at radius 2 is 1.83 bits per heavy atom. The molecule has 0 bridgehead atoms. The minimum atomic E-state index is -0.715. The van der Waals surface area contributed by atoms with Crippen molar-refractivity contribution in [3.05, 3.63) is 107 Å². The molecule has 0 radical (unpaired) electrons. The third kappa shape index (κ3) is 4.98. The minimum Gasteiger partial charge on any atom is -0.508 e. The number of fused-ring (bicyclic) bond motifs is 1. The predicted molar refractivity (Wildman–Crippen MR) is 131 cm³/mol. The molecule has 1 atom stereocenters. The van der Waals surface area contributed by atoms with Crippen molar-refractivity contribution in [2.24, 2.45) is 0 Å². The van der Waals surface area contributed by atoms with Crippen molar-refractivity contribution < 1.29 is 23.2 Å². The molecule has 1 amide bonds. The minimum absolute atomic E-state index is 0.0230. The zero-order valence-electron chi connectivity index (χ0n) is 19.4. The molecule has 8 heteroatoms. The number of H-pyrrole nitrogens is 1. The fraction of sp³-hybridized carbons (Fsp3) is 0.143. The number of aromatic nitrogens is 2. The molecular formula is C28H23F2N3O3. The summed E-state index contributed by atoms with van der Waals surface area (Å²) in [5, 5.41) is 17.7. The summed E-state index contributed by atoms with van der Waals surface area (Å²) in [6.07, 6.45) is 3.33. The summed E-state index contributed by atoms with van der Waals surface area (Å²) in [7, 11) is 0. The van der Waals surface area contributed by atoms with E-state index in [0.717, 1.165) is 28.1 Å². The number of halogens is 2. The maximum Gasteiger partial charge on any atom is 0.225 e. The predicted octanol–water partition coefficient (Wildman–Crippen LogP) is 5.76. The average Bonchev–Trinajstić information content (AvgIpc) is 3.46. The van der Waals surface area contributed by atoms with Crippen LogP contribution in [0.1, 0.15) is 28.4 Å². The van der Waals surface area contributed by atoms with Gasteiger partial charge in [0.1, 0.15) is 29.3 Å². The summed E-state index contributed by atoms with van der Waals surface area (Å²) >= 11 is 0. The van der Waals surface area contributed by atoms with E-state index in [9.17, 15) is 18.7 Å². The van der Waals surface area contributed by atoms with Crippen LogP contribution < -0.4 is 5.32 Å². The lowest BCUT2D eigenvalue weighted by atomic mass is 9.96. The molecule has 5 aromatic rings. The van der Waals surface area contributed by atoms with Gasteiger partial charge in [-0.1, -0.05) is 35.0 Å². The SMILES string of the molecule is Cc1ccc(-c2conc2C(Cc2cc(F)cc(F)c2)NC(=O)Cc2c[nH]c3ccc(O)cc23)cc1. The molecule has 0 aliphatic heterocycles. The fourth-order valence-electron chi connectivity index (χ4n) is 4.36. The Bertz CT molecular complexity index is 1520. The van der Waals surface area contributed by atoms with Gasteiger partial charge in [-0.05, 0) is 60.4 Å². The number of amides is 1. The van der Waals surface area contributed by atoms with Gasteiger partial charge < -0.3 is 19.9 Å². The third-order valence-electron chi connectivity index (χ3n) is 6.09. The molecule has 0 fully saturated rings. The smallest absolute Gasteiger partial charge is 0.225 e. The molecule has 2 heterocycles. The summed E-state index contributed by atoms with van der Waals surface area (Å²) < 4.78 is 33.1. The van der Waals surface area contributed by atoms with E-state index in [4.69, 9.17) is 4.52 Å². The number of aromatic hydroxyl groups is 1. The summed E-state index contributed by atoms with van der Waals surface area (Å²) in [5.41, 5.74) is 4.92. The first-order valence-corrected chi connectivity index (χ1v) is 11.4. The lowest BCUT2D eigenvalue weighted by Crippen LogP contribution is -2.31. The first-order valence-electron chi connectivity index (χ1n) is 11.4. The van der Waals surface area contributed by atoms with Gasteiger partial charge in [0.05, 0.1) is 12.5 Å². The molecule has 0 aliphatic carbocycles. The van der Waals surface area contributed by atoms with Crippen molar-refractivity contribution in [1.82, 2.24) is 15.5 Å². The van der Waals surface area contributed by atoms with Crippen molar-refractivity contribution in [3.8, 4) is 16.9 Å². The molecule has 5 rings (SSSR count). The van der Waals surface area contributed by atoms with E-state index >= 15 is 0 Å². The lowest BCUT2D eigenvalue weighted by molar-refractivity contribution is -0.121. The number of phenolic OH excluding ortho intramolecular Hbond substituents is 1. The number of hydrogen-bond donors (Lipinski definition) is 3. The number of carbonyl (C=O) groups is 1. The van der Waals surface area contributed by atoms with Crippen molar-refractivity contribution in [1.29, 1.82) is 0 Å². The maximum atomic E-state index is 13.9. The van der Waals surface area contributed by atoms with Crippen molar-refractivity contribution >= 4 is 16.8 Å². The first kappa shape index (κ1) is 23.3. The maximum absolute atomic E-state index is 13.9. The second-order valence-corrected chi connectivity index (χ2v) is 8.80. The molecule has 3 aromatic carbocycles. The number of aromatic amines is 1.